The van der Waals surface area contributed by atoms with Crippen molar-refractivity contribution in [2.45, 2.75) is 0 Å². The average molecular weight is 195 g/mol. The Labute approximate surface area is 79.4 Å². The van der Waals surface area contributed by atoms with Crippen LogP contribution in [0.4, 0.5) is 0 Å². The van der Waals surface area contributed by atoms with Crippen LogP contribution in [0.25, 0.3) is 0 Å². The van der Waals surface area contributed by atoms with Crippen LogP contribution in [0.5, 0.6) is 0 Å². The van der Waals surface area contributed by atoms with Crippen molar-refractivity contribution in [1.82, 2.24) is 5.32 Å². The van der Waals surface area contributed by atoms with Gasteiger partial charge < -0.3 is 26.9 Å². The summed E-state index contributed by atoms with van der Waals surface area (Å²) in [5, 5.41) is 19.9. The number of hydrogen-bond acceptors (Lipinski definition) is 6. The van der Waals surface area contributed by atoms with Gasteiger partial charge >= 0.3 is 5.84 Å². The number of nitrogens with one attached hydrogen (secondary N) is 2. The van der Waals surface area contributed by atoms with Crippen LogP contribution in [0.15, 0.2) is 35.4 Å². The third-order valence-electron chi connectivity index (χ3n) is 1.54. The number of rotatable bonds is 1. The molecule has 0 amide bonds. The van der Waals surface area contributed by atoms with Gasteiger partial charge in [0.05, 0.1) is 5.70 Å². The van der Waals surface area contributed by atoms with Gasteiger partial charge in [-0.15, -0.1) is 0 Å². The van der Waals surface area contributed by atoms with Crippen molar-refractivity contribution in [2.75, 3.05) is 0 Å². The van der Waals surface area contributed by atoms with E-state index in [1.54, 1.807) is 6.08 Å². The van der Waals surface area contributed by atoms with E-state index in [2.05, 4.69) is 5.32 Å². The molecule has 7 nitrogen and oxygen atoms in total. The molecule has 0 spiro atoms. The summed E-state index contributed by atoms with van der Waals surface area (Å²) >= 11 is 0. The van der Waals surface area contributed by atoms with Gasteiger partial charge in [0, 0.05) is 0 Å². The van der Waals surface area contributed by atoms with E-state index in [4.69, 9.17) is 16.9 Å². The number of nitrogens with two attached hydrogens (primary N) is 2. The van der Waals surface area contributed by atoms with Crippen LogP contribution in [0.1, 0.15) is 0 Å². The Morgan fingerprint density at radius 1 is 1.57 bits per heavy atom. The summed E-state index contributed by atoms with van der Waals surface area (Å²) in [5.74, 6) is -0.712. The maximum absolute atomic E-state index is 10.3. The van der Waals surface area contributed by atoms with Gasteiger partial charge in [-0.05, 0) is 17.1 Å². The molecule has 1 heterocycles. The molecular weight excluding hydrogens is 186 g/mol. The van der Waals surface area contributed by atoms with E-state index < -0.39 is 10.8 Å². The zero-order valence-electron chi connectivity index (χ0n) is 7.15. The Hall–Kier alpha value is -2.31. The Bertz CT molecular complexity index is 376. The van der Waals surface area contributed by atoms with Crippen molar-refractivity contribution >= 4 is 5.84 Å². The lowest BCUT2D eigenvalue weighted by Crippen LogP contribution is -2.29. The number of dihydropyridines is 1. The van der Waals surface area contributed by atoms with Crippen LogP contribution >= 0.6 is 0 Å². The lowest BCUT2D eigenvalue weighted by Gasteiger charge is -2.12. The van der Waals surface area contributed by atoms with Crippen molar-refractivity contribution in [1.29, 1.82) is 5.41 Å². The molecule has 7 heteroatoms. The first kappa shape index (κ1) is 9.78. The van der Waals surface area contributed by atoms with Crippen molar-refractivity contribution in [3.63, 3.8) is 0 Å². The first-order valence-electron chi connectivity index (χ1n) is 3.66. The zero-order chi connectivity index (χ0) is 10.7. The molecule has 1 aliphatic heterocycles. The molecule has 0 aromatic carbocycles. The van der Waals surface area contributed by atoms with E-state index in [9.17, 15) is 10.1 Å². The zero-order valence-corrected chi connectivity index (χ0v) is 7.15. The third-order valence-corrected chi connectivity index (χ3v) is 1.54. The lowest BCUT2D eigenvalue weighted by atomic mass is 10.2. The predicted octanol–water partition coefficient (Wildman–Crippen LogP) is -0.630. The molecule has 0 unspecified atom stereocenters. The minimum atomic E-state index is -0.803. The van der Waals surface area contributed by atoms with Crippen molar-refractivity contribution in [2.24, 2.45) is 11.5 Å². The molecule has 74 valence electrons. The van der Waals surface area contributed by atoms with Gasteiger partial charge in [-0.3, -0.25) is 0 Å². The van der Waals surface area contributed by atoms with Crippen LogP contribution in [0.3, 0.4) is 0 Å². The highest BCUT2D eigenvalue weighted by atomic mass is 16.6. The molecule has 14 heavy (non-hydrogen) atoms. The molecule has 1 aliphatic rings. The van der Waals surface area contributed by atoms with E-state index in [1.165, 1.54) is 12.2 Å². The minimum Gasteiger partial charge on any atom is -0.384 e. The Morgan fingerprint density at radius 2 is 2.21 bits per heavy atom. The fraction of sp³-hybridized carbons (Fsp3) is 0. The fourth-order valence-corrected chi connectivity index (χ4v) is 0.874. The molecule has 1 rings (SSSR count). The summed E-state index contributed by atoms with van der Waals surface area (Å²) in [4.78, 5) is 9.47. The summed E-state index contributed by atoms with van der Waals surface area (Å²) in [7, 11) is 0. The highest BCUT2D eigenvalue weighted by Gasteiger charge is 2.18. The fourth-order valence-electron chi connectivity index (χ4n) is 0.874. The molecule has 0 aromatic rings. The molecule has 6 N–H and O–H groups in total. The van der Waals surface area contributed by atoms with Crippen molar-refractivity contribution in [3.05, 3.63) is 45.6 Å². The summed E-state index contributed by atoms with van der Waals surface area (Å²) in [5.41, 5.74) is 11.0. The Balaban J connectivity index is 2.91. The summed E-state index contributed by atoms with van der Waals surface area (Å²) in [6.45, 7) is 0. The van der Waals surface area contributed by atoms with E-state index >= 15 is 0 Å². The molecule has 0 aliphatic carbocycles. The predicted molar refractivity (Wildman–Crippen MR) is 50.5 cm³/mol. The standard InChI is InChI=1S/C7H9N5O2/c8-6(9)4-2-1-3-5(11-4)7(10)12(13)14/h1-3,10-11H,8-9H2. The van der Waals surface area contributed by atoms with E-state index in [0.717, 1.165) is 0 Å². The summed E-state index contributed by atoms with van der Waals surface area (Å²) in [6, 6.07) is 0. The molecule has 0 saturated carbocycles. The van der Waals surface area contributed by atoms with Gasteiger partial charge in [0.25, 0.3) is 0 Å². The monoisotopic (exact) mass is 195 g/mol. The van der Waals surface area contributed by atoms with Gasteiger partial charge in [-0.25, -0.2) is 0 Å². The number of hydrogen-bond donors (Lipinski definition) is 4. The highest BCUT2D eigenvalue weighted by Crippen LogP contribution is 2.07. The van der Waals surface area contributed by atoms with Crippen LogP contribution < -0.4 is 16.8 Å². The lowest BCUT2D eigenvalue weighted by molar-refractivity contribution is -0.350. The van der Waals surface area contributed by atoms with Gasteiger partial charge in [0.2, 0.25) is 0 Å². The van der Waals surface area contributed by atoms with Gasteiger partial charge in [0.1, 0.15) is 11.5 Å². The first-order chi connectivity index (χ1) is 6.52. The van der Waals surface area contributed by atoms with E-state index in [-0.39, 0.29) is 11.5 Å². The average Bonchev–Trinajstić information content (AvgIpc) is 2.16. The number of allylic oxidation sites excluding steroid dienone is 3. The van der Waals surface area contributed by atoms with E-state index in [1.807, 2.05) is 0 Å². The Morgan fingerprint density at radius 3 is 2.71 bits per heavy atom. The third kappa shape index (κ3) is 1.89. The van der Waals surface area contributed by atoms with Gasteiger partial charge in [-0.1, -0.05) is 11.5 Å². The van der Waals surface area contributed by atoms with Crippen LogP contribution in [0, 0.1) is 15.5 Å². The summed E-state index contributed by atoms with van der Waals surface area (Å²) < 4.78 is 0. The Kier molecular flexibility index (Phi) is 2.52. The smallest absolute Gasteiger partial charge is 0.379 e. The van der Waals surface area contributed by atoms with Crippen LogP contribution in [-0.2, 0) is 0 Å². The molecule has 0 radical (unpaired) electrons. The largest absolute Gasteiger partial charge is 0.384 e. The SMILES string of the molecule is N=C(C1=CC=CC(=C(N)N)N1)[N+](=O)[O-]. The normalized spacial score (nSPS) is 14.3. The molecule has 0 bridgehead atoms. The maximum Gasteiger partial charge on any atom is 0.379 e. The van der Waals surface area contributed by atoms with Crippen LogP contribution in [-0.4, -0.2) is 10.8 Å². The summed E-state index contributed by atoms with van der Waals surface area (Å²) in [6.07, 6.45) is 4.49. The number of nitro groups is 1. The first-order valence-corrected chi connectivity index (χ1v) is 3.66. The maximum atomic E-state index is 10.3. The second kappa shape index (κ2) is 3.60. The van der Waals surface area contributed by atoms with Gasteiger partial charge in [0.15, 0.2) is 0 Å². The van der Waals surface area contributed by atoms with Crippen molar-refractivity contribution in [3.8, 4) is 0 Å². The van der Waals surface area contributed by atoms with Gasteiger partial charge in [-0.2, -0.15) is 0 Å². The second-order valence-electron chi connectivity index (χ2n) is 2.54. The molecule has 0 fully saturated rings. The number of nitrogens with zero attached hydrogens (tertiary/aromatic N) is 1. The minimum absolute atomic E-state index is 0.0167. The van der Waals surface area contributed by atoms with Crippen molar-refractivity contribution < 1.29 is 4.92 Å². The molecular formula is C7H9N5O2. The quantitative estimate of drug-likeness (QED) is 0.191. The van der Waals surface area contributed by atoms with Crippen LogP contribution in [0.2, 0.25) is 0 Å². The molecule has 0 aromatic heterocycles. The highest BCUT2D eigenvalue weighted by molar-refractivity contribution is 5.89. The molecule has 0 saturated heterocycles. The molecule has 0 atom stereocenters. The van der Waals surface area contributed by atoms with E-state index in [0.29, 0.717) is 5.70 Å². The topological polar surface area (TPSA) is 131 Å². The number of amidine groups is 1. The second-order valence-corrected chi connectivity index (χ2v) is 2.54.